The normalized spacial score (nSPS) is 17.3. The van der Waals surface area contributed by atoms with Gasteiger partial charge in [-0.1, -0.05) is 0 Å². The number of rotatable bonds is 6. The summed E-state index contributed by atoms with van der Waals surface area (Å²) < 4.78 is 10.6. The van der Waals surface area contributed by atoms with Gasteiger partial charge in [-0.2, -0.15) is 0 Å². The van der Waals surface area contributed by atoms with Crippen molar-refractivity contribution in [1.29, 1.82) is 0 Å². The second-order valence-electron chi connectivity index (χ2n) is 5.70. The SMILES string of the molecule is CCOC(=O)c1cccnc1NCC1(N(C)C)CCOCC1. The van der Waals surface area contributed by atoms with Gasteiger partial charge in [-0.25, -0.2) is 9.78 Å². The van der Waals surface area contributed by atoms with Gasteiger partial charge in [0.25, 0.3) is 0 Å². The zero-order valence-electron chi connectivity index (χ0n) is 13.6. The quantitative estimate of drug-likeness (QED) is 0.808. The Hall–Kier alpha value is -1.66. The highest BCUT2D eigenvalue weighted by Gasteiger charge is 2.35. The molecular formula is C16H25N3O3. The molecule has 0 bridgehead atoms. The lowest BCUT2D eigenvalue weighted by Crippen LogP contribution is -2.53. The number of anilines is 1. The molecule has 0 radical (unpaired) electrons. The first-order chi connectivity index (χ1) is 10.6. The Bertz CT molecular complexity index is 499. The van der Waals surface area contributed by atoms with Gasteiger partial charge in [0.1, 0.15) is 11.4 Å². The Morgan fingerprint density at radius 1 is 1.45 bits per heavy atom. The highest BCUT2D eigenvalue weighted by atomic mass is 16.5. The van der Waals surface area contributed by atoms with Gasteiger partial charge in [-0.15, -0.1) is 0 Å². The topological polar surface area (TPSA) is 63.7 Å². The number of aromatic nitrogens is 1. The van der Waals surface area contributed by atoms with Gasteiger partial charge >= 0.3 is 5.97 Å². The molecule has 22 heavy (non-hydrogen) atoms. The lowest BCUT2D eigenvalue weighted by atomic mass is 9.88. The van der Waals surface area contributed by atoms with Crippen molar-refractivity contribution in [2.75, 3.05) is 45.8 Å². The van der Waals surface area contributed by atoms with Crippen molar-refractivity contribution >= 4 is 11.8 Å². The van der Waals surface area contributed by atoms with Crippen LogP contribution in [0.4, 0.5) is 5.82 Å². The van der Waals surface area contributed by atoms with E-state index >= 15 is 0 Å². The monoisotopic (exact) mass is 307 g/mol. The summed E-state index contributed by atoms with van der Waals surface area (Å²) in [5.74, 6) is 0.234. The van der Waals surface area contributed by atoms with E-state index < -0.39 is 0 Å². The van der Waals surface area contributed by atoms with Gasteiger partial charge in [-0.3, -0.25) is 0 Å². The molecule has 0 atom stereocenters. The number of esters is 1. The van der Waals surface area contributed by atoms with Gasteiger partial charge in [-0.05, 0) is 46.0 Å². The molecule has 1 aromatic rings. The molecule has 1 saturated heterocycles. The van der Waals surface area contributed by atoms with Crippen LogP contribution < -0.4 is 5.32 Å². The van der Waals surface area contributed by atoms with E-state index in [0.29, 0.717) is 24.5 Å². The Labute approximate surface area is 131 Å². The fraction of sp³-hybridized carbons (Fsp3) is 0.625. The van der Waals surface area contributed by atoms with Crippen LogP contribution in [0, 0.1) is 0 Å². The molecule has 0 amide bonds. The number of pyridine rings is 1. The molecule has 0 unspecified atom stereocenters. The molecule has 6 heteroatoms. The minimum absolute atomic E-state index is 0.0156. The van der Waals surface area contributed by atoms with E-state index in [-0.39, 0.29) is 11.5 Å². The summed E-state index contributed by atoms with van der Waals surface area (Å²) in [5, 5.41) is 3.34. The fourth-order valence-corrected chi connectivity index (χ4v) is 2.70. The van der Waals surface area contributed by atoms with Crippen molar-refractivity contribution in [2.24, 2.45) is 0 Å². The van der Waals surface area contributed by atoms with Gasteiger partial charge in [0.2, 0.25) is 0 Å². The maximum Gasteiger partial charge on any atom is 0.341 e. The van der Waals surface area contributed by atoms with Crippen LogP contribution in [-0.4, -0.2) is 61.9 Å². The van der Waals surface area contributed by atoms with Crippen molar-refractivity contribution in [1.82, 2.24) is 9.88 Å². The standard InChI is InChI=1S/C16H25N3O3/c1-4-22-15(20)13-6-5-9-17-14(13)18-12-16(19(2)3)7-10-21-11-8-16/h5-6,9H,4,7-8,10-12H2,1-3H3,(H,17,18). The number of hydrogen-bond donors (Lipinski definition) is 1. The Morgan fingerprint density at radius 3 is 2.82 bits per heavy atom. The molecule has 1 aliphatic heterocycles. The molecule has 1 N–H and O–H groups in total. The van der Waals surface area contributed by atoms with Gasteiger partial charge in [0.15, 0.2) is 0 Å². The van der Waals surface area contributed by atoms with Crippen LogP contribution in [0.5, 0.6) is 0 Å². The maximum absolute atomic E-state index is 12.0. The van der Waals surface area contributed by atoms with Crippen molar-refractivity contribution in [3.8, 4) is 0 Å². The molecule has 0 aromatic carbocycles. The predicted octanol–water partition coefficient (Wildman–Crippen LogP) is 1.78. The lowest BCUT2D eigenvalue weighted by molar-refractivity contribution is -0.000692. The fourth-order valence-electron chi connectivity index (χ4n) is 2.70. The zero-order chi connectivity index (χ0) is 16.0. The van der Waals surface area contributed by atoms with Crippen LogP contribution in [0.1, 0.15) is 30.1 Å². The molecule has 1 aromatic heterocycles. The molecule has 1 fully saturated rings. The first kappa shape index (κ1) is 16.7. The highest BCUT2D eigenvalue weighted by molar-refractivity contribution is 5.94. The Morgan fingerprint density at radius 2 is 2.18 bits per heavy atom. The van der Waals surface area contributed by atoms with E-state index in [1.165, 1.54) is 0 Å². The average molecular weight is 307 g/mol. The number of hydrogen-bond acceptors (Lipinski definition) is 6. The number of nitrogens with one attached hydrogen (secondary N) is 1. The number of likely N-dealkylation sites (N-methyl/N-ethyl adjacent to an activating group) is 1. The second-order valence-corrected chi connectivity index (χ2v) is 5.70. The van der Waals surface area contributed by atoms with E-state index in [9.17, 15) is 4.79 Å². The minimum atomic E-state index is -0.344. The summed E-state index contributed by atoms with van der Waals surface area (Å²) in [5.41, 5.74) is 0.493. The van der Waals surface area contributed by atoms with Gasteiger partial charge in [0.05, 0.1) is 6.61 Å². The molecular weight excluding hydrogens is 282 g/mol. The smallest absolute Gasteiger partial charge is 0.341 e. The third kappa shape index (κ3) is 3.75. The first-order valence-electron chi connectivity index (χ1n) is 7.70. The molecule has 2 heterocycles. The lowest BCUT2D eigenvalue weighted by Gasteiger charge is -2.43. The van der Waals surface area contributed by atoms with Crippen molar-refractivity contribution in [3.63, 3.8) is 0 Å². The molecule has 0 aliphatic carbocycles. The van der Waals surface area contributed by atoms with E-state index in [4.69, 9.17) is 9.47 Å². The van der Waals surface area contributed by atoms with Crippen molar-refractivity contribution in [2.45, 2.75) is 25.3 Å². The predicted molar refractivity (Wildman–Crippen MR) is 85.2 cm³/mol. The highest BCUT2D eigenvalue weighted by Crippen LogP contribution is 2.26. The summed E-state index contributed by atoms with van der Waals surface area (Å²) in [7, 11) is 4.16. The van der Waals surface area contributed by atoms with E-state index in [2.05, 4.69) is 29.3 Å². The van der Waals surface area contributed by atoms with Gasteiger partial charge < -0.3 is 19.7 Å². The Balaban J connectivity index is 2.11. The minimum Gasteiger partial charge on any atom is -0.462 e. The largest absolute Gasteiger partial charge is 0.462 e. The molecule has 2 rings (SSSR count). The van der Waals surface area contributed by atoms with Crippen LogP contribution in [0.25, 0.3) is 0 Å². The van der Waals surface area contributed by atoms with Crippen LogP contribution in [0.3, 0.4) is 0 Å². The van der Waals surface area contributed by atoms with E-state index in [1.807, 2.05) is 0 Å². The number of carbonyl (C=O) groups is 1. The van der Waals surface area contributed by atoms with Crippen LogP contribution in [0.2, 0.25) is 0 Å². The average Bonchev–Trinajstić information content (AvgIpc) is 2.54. The second kappa shape index (κ2) is 7.56. The molecule has 0 spiro atoms. The third-order valence-corrected chi connectivity index (χ3v) is 4.26. The van der Waals surface area contributed by atoms with Crippen LogP contribution in [-0.2, 0) is 9.47 Å². The van der Waals surface area contributed by atoms with Crippen LogP contribution in [0.15, 0.2) is 18.3 Å². The number of ether oxygens (including phenoxy) is 2. The third-order valence-electron chi connectivity index (χ3n) is 4.26. The summed E-state index contributed by atoms with van der Waals surface area (Å²) in [6.45, 7) is 4.38. The molecule has 0 saturated carbocycles. The molecule has 1 aliphatic rings. The molecule has 122 valence electrons. The summed E-state index contributed by atoms with van der Waals surface area (Å²) in [6, 6.07) is 3.48. The number of nitrogens with zero attached hydrogens (tertiary/aromatic N) is 2. The van der Waals surface area contributed by atoms with Crippen LogP contribution >= 0.6 is 0 Å². The van der Waals surface area contributed by atoms with E-state index in [1.54, 1.807) is 25.3 Å². The first-order valence-corrected chi connectivity index (χ1v) is 7.70. The summed E-state index contributed by atoms with van der Waals surface area (Å²) >= 11 is 0. The summed E-state index contributed by atoms with van der Waals surface area (Å²) in [4.78, 5) is 18.5. The zero-order valence-corrected chi connectivity index (χ0v) is 13.6. The summed E-state index contributed by atoms with van der Waals surface area (Å²) in [6.07, 6.45) is 3.58. The maximum atomic E-state index is 12.0. The van der Waals surface area contributed by atoms with Crippen molar-refractivity contribution < 1.29 is 14.3 Å². The molecule has 6 nitrogen and oxygen atoms in total. The number of carbonyl (C=O) groups excluding carboxylic acids is 1. The van der Waals surface area contributed by atoms with Crippen molar-refractivity contribution in [3.05, 3.63) is 23.9 Å². The van der Waals surface area contributed by atoms with E-state index in [0.717, 1.165) is 26.1 Å². The Kier molecular flexibility index (Phi) is 5.74. The van der Waals surface area contributed by atoms with Gasteiger partial charge in [0, 0.05) is 31.5 Å².